The van der Waals surface area contributed by atoms with Gasteiger partial charge in [-0.3, -0.25) is 4.79 Å². The van der Waals surface area contributed by atoms with Gasteiger partial charge in [0.25, 0.3) is 5.91 Å². The van der Waals surface area contributed by atoms with Crippen molar-refractivity contribution >= 4 is 5.91 Å². The number of likely N-dealkylation sites (tertiary alicyclic amines) is 1. The van der Waals surface area contributed by atoms with E-state index in [1.165, 1.54) is 0 Å². The summed E-state index contributed by atoms with van der Waals surface area (Å²) in [4.78, 5) is 14.3. The minimum absolute atomic E-state index is 0.0229. The average Bonchev–Trinajstić information content (AvgIpc) is 2.95. The van der Waals surface area contributed by atoms with Crippen molar-refractivity contribution in [3.8, 4) is 0 Å². The van der Waals surface area contributed by atoms with Crippen LogP contribution in [0, 0.1) is 13.8 Å². The molecule has 0 N–H and O–H groups in total. The first-order valence-corrected chi connectivity index (χ1v) is 7.18. The third-order valence-electron chi connectivity index (χ3n) is 4.15. The summed E-state index contributed by atoms with van der Waals surface area (Å²) in [7, 11) is 0. The van der Waals surface area contributed by atoms with Crippen molar-refractivity contribution < 1.29 is 18.7 Å². The van der Waals surface area contributed by atoms with Crippen molar-refractivity contribution in [2.45, 2.75) is 52.6 Å². The largest absolute Gasteiger partial charge is 0.455 e. The number of carbonyl (C=O) groups is 1. The summed E-state index contributed by atoms with van der Waals surface area (Å²) in [5.41, 5.74) is 1.67. The van der Waals surface area contributed by atoms with Crippen molar-refractivity contribution in [1.29, 1.82) is 0 Å². The van der Waals surface area contributed by atoms with E-state index in [9.17, 15) is 4.79 Å². The first kappa shape index (κ1) is 13.6. The first-order chi connectivity index (χ1) is 9.42. The predicted octanol–water partition coefficient (Wildman–Crippen LogP) is 2.70. The molecule has 0 saturated carbocycles. The lowest BCUT2D eigenvalue weighted by Crippen LogP contribution is -2.47. The van der Waals surface area contributed by atoms with Gasteiger partial charge < -0.3 is 18.8 Å². The SMILES string of the molecule is Cc1oc(C(=O)N2CCCC2)c(C)c1C1(C)OC(C)O1. The average molecular weight is 279 g/mol. The Kier molecular flexibility index (Phi) is 3.14. The molecule has 0 aliphatic carbocycles. The van der Waals surface area contributed by atoms with Crippen LogP contribution in [0.1, 0.15) is 54.1 Å². The topological polar surface area (TPSA) is 51.9 Å². The van der Waals surface area contributed by atoms with E-state index in [2.05, 4.69) is 0 Å². The number of aryl methyl sites for hydroxylation is 1. The zero-order valence-corrected chi connectivity index (χ0v) is 12.5. The number of ether oxygens (including phenoxy) is 2. The summed E-state index contributed by atoms with van der Waals surface area (Å²) >= 11 is 0. The Morgan fingerprint density at radius 1 is 1.25 bits per heavy atom. The highest BCUT2D eigenvalue weighted by atomic mass is 16.9. The molecule has 110 valence electrons. The Balaban J connectivity index is 1.92. The normalized spacial score (nSPS) is 29.6. The summed E-state index contributed by atoms with van der Waals surface area (Å²) in [6.45, 7) is 9.09. The second-order valence-corrected chi connectivity index (χ2v) is 5.74. The molecule has 0 bridgehead atoms. The van der Waals surface area contributed by atoms with Crippen molar-refractivity contribution in [3.63, 3.8) is 0 Å². The van der Waals surface area contributed by atoms with Gasteiger partial charge in [0.1, 0.15) is 5.76 Å². The molecule has 1 amide bonds. The second-order valence-electron chi connectivity index (χ2n) is 5.74. The molecule has 1 aromatic heterocycles. The summed E-state index contributed by atoms with van der Waals surface area (Å²) in [5, 5.41) is 0. The van der Waals surface area contributed by atoms with Gasteiger partial charge in [-0.05, 0) is 40.5 Å². The van der Waals surface area contributed by atoms with Gasteiger partial charge in [0.05, 0.1) is 5.56 Å². The van der Waals surface area contributed by atoms with Crippen molar-refractivity contribution in [3.05, 3.63) is 22.6 Å². The Bertz CT molecular complexity index is 536. The second kappa shape index (κ2) is 4.60. The number of hydrogen-bond acceptors (Lipinski definition) is 4. The molecule has 3 rings (SSSR count). The summed E-state index contributed by atoms with van der Waals surface area (Å²) in [5.74, 6) is 0.304. The summed E-state index contributed by atoms with van der Waals surface area (Å²) in [6.07, 6.45) is 1.92. The lowest BCUT2D eigenvalue weighted by Gasteiger charge is -2.43. The standard InChI is InChI=1S/C15H21NO4/c1-9-12(15(4)19-11(3)20-15)10(2)18-13(9)14(17)16-7-5-6-8-16/h11H,5-8H2,1-4H3. The molecule has 2 saturated heterocycles. The summed E-state index contributed by atoms with van der Waals surface area (Å²) < 4.78 is 17.1. The lowest BCUT2D eigenvalue weighted by atomic mass is 10.0. The van der Waals surface area contributed by atoms with Crippen LogP contribution < -0.4 is 0 Å². The molecule has 0 unspecified atom stereocenters. The number of nitrogens with zero attached hydrogens (tertiary/aromatic N) is 1. The number of rotatable bonds is 2. The van der Waals surface area contributed by atoms with E-state index in [1.807, 2.05) is 32.6 Å². The maximum atomic E-state index is 12.5. The molecule has 2 aliphatic heterocycles. The maximum Gasteiger partial charge on any atom is 0.289 e. The van der Waals surface area contributed by atoms with Gasteiger partial charge in [0.2, 0.25) is 5.79 Å². The van der Waals surface area contributed by atoms with Crippen LogP contribution in [0.4, 0.5) is 0 Å². The quantitative estimate of drug-likeness (QED) is 0.835. The Labute approximate surface area is 118 Å². The Morgan fingerprint density at radius 3 is 2.40 bits per heavy atom. The van der Waals surface area contributed by atoms with Crippen LogP contribution in [-0.4, -0.2) is 30.2 Å². The van der Waals surface area contributed by atoms with Crippen LogP contribution in [0.3, 0.4) is 0 Å². The van der Waals surface area contributed by atoms with Crippen LogP contribution in [0.2, 0.25) is 0 Å². The van der Waals surface area contributed by atoms with Crippen LogP contribution >= 0.6 is 0 Å². The van der Waals surface area contributed by atoms with E-state index in [0.29, 0.717) is 11.5 Å². The molecular weight excluding hydrogens is 258 g/mol. The van der Waals surface area contributed by atoms with E-state index in [-0.39, 0.29) is 12.2 Å². The molecule has 0 aromatic carbocycles. The fourth-order valence-corrected chi connectivity index (χ4v) is 3.35. The van der Waals surface area contributed by atoms with Crippen LogP contribution in [0.15, 0.2) is 4.42 Å². The van der Waals surface area contributed by atoms with Gasteiger partial charge in [-0.15, -0.1) is 0 Å². The highest BCUT2D eigenvalue weighted by molar-refractivity contribution is 5.93. The number of furan rings is 1. The zero-order chi connectivity index (χ0) is 14.5. The third kappa shape index (κ3) is 1.96. The van der Waals surface area contributed by atoms with Gasteiger partial charge in [0.15, 0.2) is 12.1 Å². The van der Waals surface area contributed by atoms with Gasteiger partial charge >= 0.3 is 0 Å². The maximum absolute atomic E-state index is 12.5. The Morgan fingerprint density at radius 2 is 1.85 bits per heavy atom. The number of carbonyl (C=O) groups excluding carboxylic acids is 1. The molecule has 20 heavy (non-hydrogen) atoms. The van der Waals surface area contributed by atoms with Gasteiger partial charge in [-0.25, -0.2) is 0 Å². The minimum Gasteiger partial charge on any atom is -0.455 e. The molecule has 3 heterocycles. The molecular formula is C15H21NO4. The van der Waals surface area contributed by atoms with E-state index in [4.69, 9.17) is 13.9 Å². The third-order valence-corrected chi connectivity index (χ3v) is 4.15. The van der Waals surface area contributed by atoms with Crippen molar-refractivity contribution in [2.24, 2.45) is 0 Å². The van der Waals surface area contributed by atoms with Crippen molar-refractivity contribution in [2.75, 3.05) is 13.1 Å². The molecule has 2 aliphatic rings. The lowest BCUT2D eigenvalue weighted by molar-refractivity contribution is -0.448. The molecule has 5 nitrogen and oxygen atoms in total. The minimum atomic E-state index is -0.791. The molecule has 2 fully saturated rings. The molecule has 1 aromatic rings. The highest BCUT2D eigenvalue weighted by Crippen LogP contribution is 2.43. The van der Waals surface area contributed by atoms with Gasteiger partial charge in [0, 0.05) is 18.7 Å². The van der Waals surface area contributed by atoms with E-state index < -0.39 is 5.79 Å². The highest BCUT2D eigenvalue weighted by Gasteiger charge is 2.46. The first-order valence-electron chi connectivity index (χ1n) is 7.18. The van der Waals surface area contributed by atoms with Crippen molar-refractivity contribution in [1.82, 2.24) is 4.90 Å². The Hall–Kier alpha value is -1.33. The zero-order valence-electron chi connectivity index (χ0n) is 12.5. The predicted molar refractivity (Wildman–Crippen MR) is 72.3 cm³/mol. The fraction of sp³-hybridized carbons (Fsp3) is 0.667. The molecule has 0 spiro atoms. The van der Waals surface area contributed by atoms with E-state index in [1.54, 1.807) is 0 Å². The number of amides is 1. The molecule has 0 atom stereocenters. The fourth-order valence-electron chi connectivity index (χ4n) is 3.35. The van der Waals surface area contributed by atoms with Crippen LogP contribution in [-0.2, 0) is 15.3 Å². The molecule has 0 radical (unpaired) electrons. The van der Waals surface area contributed by atoms with Crippen LogP contribution in [0.5, 0.6) is 0 Å². The van der Waals surface area contributed by atoms with Gasteiger partial charge in [-0.2, -0.15) is 0 Å². The molecule has 5 heteroatoms. The number of hydrogen-bond donors (Lipinski definition) is 0. The monoisotopic (exact) mass is 279 g/mol. The smallest absolute Gasteiger partial charge is 0.289 e. The van der Waals surface area contributed by atoms with Gasteiger partial charge in [-0.1, -0.05) is 0 Å². The van der Waals surface area contributed by atoms with Crippen LogP contribution in [0.25, 0.3) is 0 Å². The summed E-state index contributed by atoms with van der Waals surface area (Å²) in [6, 6.07) is 0. The van der Waals surface area contributed by atoms with E-state index >= 15 is 0 Å². The van der Waals surface area contributed by atoms with E-state index in [0.717, 1.165) is 37.1 Å².